The zero-order chi connectivity index (χ0) is 8.72. The fraction of sp³-hybridized carbons (Fsp3) is 0.375. The zero-order valence-corrected chi connectivity index (χ0v) is 7.34. The maximum absolute atomic E-state index is 4.23. The highest BCUT2D eigenvalue weighted by molar-refractivity contribution is 5.72. The van der Waals surface area contributed by atoms with Crippen LogP contribution < -0.4 is 0 Å². The van der Waals surface area contributed by atoms with Gasteiger partial charge in [0.2, 0.25) is 0 Å². The van der Waals surface area contributed by atoms with E-state index in [1.165, 1.54) is 0 Å². The third-order valence-electron chi connectivity index (χ3n) is 1.76. The molecule has 2 rings (SSSR count). The lowest BCUT2D eigenvalue weighted by molar-refractivity contribution is 1.04. The minimum atomic E-state index is 0.762. The van der Waals surface area contributed by atoms with Gasteiger partial charge in [-0.3, -0.25) is 0 Å². The van der Waals surface area contributed by atoms with Crippen molar-refractivity contribution in [2.24, 2.45) is 0 Å². The summed E-state index contributed by atoms with van der Waals surface area (Å²) in [6.07, 6.45) is 0. The summed E-state index contributed by atoms with van der Waals surface area (Å²) in [7, 11) is 0. The average molecular weight is 162 g/mol. The summed E-state index contributed by atoms with van der Waals surface area (Å²) in [5.74, 6) is 1.65. The van der Waals surface area contributed by atoms with Crippen molar-refractivity contribution in [1.82, 2.24) is 19.9 Å². The van der Waals surface area contributed by atoms with Crippen LogP contribution in [0.1, 0.15) is 17.3 Å². The Morgan fingerprint density at radius 2 is 1.75 bits per heavy atom. The highest BCUT2D eigenvalue weighted by atomic mass is 15.0. The van der Waals surface area contributed by atoms with E-state index < -0.39 is 0 Å². The predicted octanol–water partition coefficient (Wildman–Crippen LogP) is 1.28. The van der Waals surface area contributed by atoms with E-state index in [1.807, 2.05) is 20.8 Å². The van der Waals surface area contributed by atoms with Crippen LogP contribution in [0.5, 0.6) is 0 Å². The molecule has 2 heterocycles. The molecule has 62 valence electrons. The number of fused-ring (bicyclic) bond motifs is 1. The number of nitrogens with one attached hydrogen (secondary N) is 1. The van der Waals surface area contributed by atoms with Gasteiger partial charge >= 0.3 is 0 Å². The Kier molecular flexibility index (Phi) is 1.36. The third kappa shape index (κ3) is 0.958. The van der Waals surface area contributed by atoms with Crippen molar-refractivity contribution in [1.29, 1.82) is 0 Å². The number of aromatic amines is 1. The Balaban J connectivity index is 2.88. The number of aryl methyl sites for hydroxylation is 3. The Hall–Kier alpha value is -1.45. The van der Waals surface area contributed by atoms with E-state index in [0.717, 1.165) is 28.5 Å². The number of H-pyrrole nitrogens is 1. The van der Waals surface area contributed by atoms with Crippen molar-refractivity contribution >= 4 is 11.2 Å². The van der Waals surface area contributed by atoms with Gasteiger partial charge in [0.05, 0.1) is 5.69 Å². The topological polar surface area (TPSA) is 54.5 Å². The normalized spacial score (nSPS) is 10.9. The molecule has 0 atom stereocenters. The highest BCUT2D eigenvalue weighted by Crippen LogP contribution is 2.11. The van der Waals surface area contributed by atoms with E-state index >= 15 is 0 Å². The van der Waals surface area contributed by atoms with Crippen LogP contribution in [0.2, 0.25) is 0 Å². The third-order valence-corrected chi connectivity index (χ3v) is 1.76. The van der Waals surface area contributed by atoms with Crippen LogP contribution in [0.4, 0.5) is 0 Å². The molecule has 0 aliphatic rings. The van der Waals surface area contributed by atoms with Gasteiger partial charge in [-0.05, 0) is 20.8 Å². The van der Waals surface area contributed by atoms with E-state index in [-0.39, 0.29) is 0 Å². The number of rotatable bonds is 0. The molecule has 0 amide bonds. The molecule has 0 spiro atoms. The Morgan fingerprint density at radius 3 is 2.50 bits per heavy atom. The van der Waals surface area contributed by atoms with Gasteiger partial charge in [-0.2, -0.15) is 0 Å². The van der Waals surface area contributed by atoms with Crippen LogP contribution in [-0.2, 0) is 0 Å². The van der Waals surface area contributed by atoms with E-state index in [4.69, 9.17) is 0 Å². The molecule has 4 nitrogen and oxygen atoms in total. The lowest BCUT2D eigenvalue weighted by Crippen LogP contribution is -1.91. The molecule has 2 aromatic rings. The van der Waals surface area contributed by atoms with Crippen molar-refractivity contribution in [3.05, 3.63) is 17.3 Å². The second kappa shape index (κ2) is 2.27. The van der Waals surface area contributed by atoms with Crippen LogP contribution in [0, 0.1) is 20.8 Å². The predicted molar refractivity (Wildman–Crippen MR) is 45.9 cm³/mol. The highest BCUT2D eigenvalue weighted by Gasteiger charge is 2.04. The lowest BCUT2D eigenvalue weighted by atomic mass is 10.4. The zero-order valence-electron chi connectivity index (χ0n) is 7.34. The summed E-state index contributed by atoms with van der Waals surface area (Å²) >= 11 is 0. The largest absolute Gasteiger partial charge is 0.339 e. The fourth-order valence-corrected chi connectivity index (χ4v) is 1.29. The lowest BCUT2D eigenvalue weighted by Gasteiger charge is -1.94. The molecule has 0 aliphatic heterocycles. The van der Waals surface area contributed by atoms with Crippen LogP contribution in [0.3, 0.4) is 0 Å². The van der Waals surface area contributed by atoms with Gasteiger partial charge in [0.25, 0.3) is 0 Å². The molecule has 0 saturated carbocycles. The average Bonchev–Trinajstić information content (AvgIpc) is 2.29. The molecular weight excluding hydrogens is 152 g/mol. The summed E-state index contributed by atoms with van der Waals surface area (Å²) in [6.45, 7) is 5.74. The van der Waals surface area contributed by atoms with Gasteiger partial charge in [0.15, 0.2) is 5.65 Å². The quantitative estimate of drug-likeness (QED) is 0.634. The van der Waals surface area contributed by atoms with Gasteiger partial charge in [0, 0.05) is 0 Å². The van der Waals surface area contributed by atoms with Crippen molar-refractivity contribution in [3.8, 4) is 0 Å². The van der Waals surface area contributed by atoms with E-state index in [1.54, 1.807) is 0 Å². The molecule has 0 saturated heterocycles. The van der Waals surface area contributed by atoms with E-state index in [2.05, 4.69) is 19.9 Å². The van der Waals surface area contributed by atoms with Crippen molar-refractivity contribution < 1.29 is 0 Å². The van der Waals surface area contributed by atoms with Crippen LogP contribution in [0.15, 0.2) is 0 Å². The SMILES string of the molecule is Cc1nc(C)c2[nH]c(C)nc2n1. The fourth-order valence-electron chi connectivity index (χ4n) is 1.29. The molecular formula is C8H10N4. The van der Waals surface area contributed by atoms with Crippen LogP contribution in [-0.4, -0.2) is 19.9 Å². The summed E-state index contributed by atoms with van der Waals surface area (Å²) in [5, 5.41) is 0. The summed E-state index contributed by atoms with van der Waals surface area (Å²) in [5.41, 5.74) is 2.66. The first-order chi connectivity index (χ1) is 5.66. The van der Waals surface area contributed by atoms with Crippen molar-refractivity contribution in [2.75, 3.05) is 0 Å². The van der Waals surface area contributed by atoms with Gasteiger partial charge in [-0.15, -0.1) is 0 Å². The van der Waals surface area contributed by atoms with Gasteiger partial charge in [-0.25, -0.2) is 15.0 Å². The molecule has 0 radical (unpaired) electrons. The molecule has 0 aromatic carbocycles. The van der Waals surface area contributed by atoms with Crippen molar-refractivity contribution in [3.63, 3.8) is 0 Å². The Labute approximate surface area is 70.1 Å². The molecule has 0 unspecified atom stereocenters. The number of hydrogen-bond acceptors (Lipinski definition) is 3. The maximum Gasteiger partial charge on any atom is 0.181 e. The summed E-state index contributed by atoms with van der Waals surface area (Å²) in [6, 6.07) is 0. The maximum atomic E-state index is 4.23. The molecule has 1 N–H and O–H groups in total. The minimum absolute atomic E-state index is 0.762. The first-order valence-electron chi connectivity index (χ1n) is 3.84. The van der Waals surface area contributed by atoms with E-state index in [0.29, 0.717) is 0 Å². The van der Waals surface area contributed by atoms with Crippen LogP contribution >= 0.6 is 0 Å². The number of nitrogens with zero attached hydrogens (tertiary/aromatic N) is 3. The Morgan fingerprint density at radius 1 is 1.00 bits per heavy atom. The molecule has 0 fully saturated rings. The number of aromatic nitrogens is 4. The van der Waals surface area contributed by atoms with E-state index in [9.17, 15) is 0 Å². The summed E-state index contributed by atoms with van der Waals surface area (Å²) < 4.78 is 0. The van der Waals surface area contributed by atoms with Gasteiger partial charge in [-0.1, -0.05) is 0 Å². The number of hydrogen-bond donors (Lipinski definition) is 1. The molecule has 12 heavy (non-hydrogen) atoms. The first kappa shape index (κ1) is 7.21. The monoisotopic (exact) mass is 162 g/mol. The van der Waals surface area contributed by atoms with Gasteiger partial charge < -0.3 is 4.98 Å². The second-order valence-corrected chi connectivity index (χ2v) is 2.88. The standard InChI is InChI=1S/C8H10N4/c1-4-7-8(11-5(2)9-4)12-6(3)10-7/h1-3H3,(H,9,10,11,12). The van der Waals surface area contributed by atoms with Crippen molar-refractivity contribution in [2.45, 2.75) is 20.8 Å². The molecule has 4 heteroatoms. The number of imidazole rings is 1. The second-order valence-electron chi connectivity index (χ2n) is 2.88. The smallest absolute Gasteiger partial charge is 0.181 e. The molecule has 0 bridgehead atoms. The summed E-state index contributed by atoms with van der Waals surface area (Å²) in [4.78, 5) is 15.8. The Bertz CT molecular complexity index is 430. The van der Waals surface area contributed by atoms with Gasteiger partial charge in [0.1, 0.15) is 17.2 Å². The molecule has 2 aromatic heterocycles. The van der Waals surface area contributed by atoms with Crippen LogP contribution in [0.25, 0.3) is 11.2 Å². The minimum Gasteiger partial charge on any atom is -0.339 e. The first-order valence-corrected chi connectivity index (χ1v) is 3.84. The molecule has 0 aliphatic carbocycles.